The van der Waals surface area contributed by atoms with Crippen LogP contribution in [-0.4, -0.2) is 110 Å². The Kier molecular flexibility index (Phi) is 23.2. The number of halogens is 18. The van der Waals surface area contributed by atoms with Crippen molar-refractivity contribution in [2.75, 3.05) is 38.9 Å². The Morgan fingerprint density at radius 3 is 0.664 bits per heavy atom. The summed E-state index contributed by atoms with van der Waals surface area (Å²) in [7, 11) is 1.12. The summed E-state index contributed by atoms with van der Waals surface area (Å²) in [4.78, 5) is 73.8. The van der Waals surface area contributed by atoms with Crippen molar-refractivity contribution in [1.29, 1.82) is 0 Å². The number of aromatic hydroxyl groups is 6. The Bertz CT molecular complexity index is 4960. The quantitative estimate of drug-likeness (QED) is 0.0216. The molecule has 0 fully saturated rings. The molecule has 19 nitrogen and oxygen atoms in total. The lowest BCUT2D eigenvalue weighted by molar-refractivity contribution is -0.290. The standard InChI is InChI=1S/C41H30F12N4O7.C32H24F6N2O6/c1-19(58)55-27-16-23(8-12-31(27)60)37(40(48,49)50,41(51,52)53)25-10-14-33(62)29(18-25)57-35(64)21-5-3-20(4-6-21)34(63)56-28-17-24(9-13-32(28)61)36(38(42,43)44,39(45,46)47)22-7-11-30(59)26(15-22)54-2;1-17(41)19-3-9-23(10-4-19)46-24-11-5-20(6-12-24)29(45)40-26-16-22(8-14-28(26)44)30(31(33,34)35,32(36,37)38)21-7-13-27(43)25(15-21)39-18(2)42/h3-18,54,59-62H,1-2H3,(H,55,58)(H,56,63)(H,57,64);3-16,43-44H,1-2H3,(H,39,42)(H,40,45). The number of amides is 5. The zero-order valence-corrected chi connectivity index (χ0v) is 56.2. The third kappa shape index (κ3) is 16.3. The summed E-state index contributed by atoms with van der Waals surface area (Å²) in [6.45, 7) is 3.21. The molecule has 9 aromatic rings. The summed E-state index contributed by atoms with van der Waals surface area (Å²) >= 11 is 0. The van der Waals surface area contributed by atoms with Gasteiger partial charge < -0.3 is 67.3 Å². The molecule has 0 aromatic heterocycles. The van der Waals surface area contributed by atoms with Crippen LogP contribution in [0.15, 0.2) is 182 Å². The number of hydrogen-bond acceptors (Lipinski definition) is 14. The minimum Gasteiger partial charge on any atom is -0.506 e. The number of Topliss-reactive ketones (excluding diaryl/α,β-unsaturated/α-hetero) is 1. The minimum absolute atomic E-state index is 0.0829. The highest BCUT2D eigenvalue weighted by molar-refractivity contribution is 6.08. The molecule has 0 aliphatic rings. The zero-order chi connectivity index (χ0) is 82.0. The molecule has 5 amide bonds. The molecule has 110 heavy (non-hydrogen) atoms. The predicted octanol–water partition coefficient (Wildman–Crippen LogP) is 17.5. The first-order valence-electron chi connectivity index (χ1n) is 31.0. The fourth-order valence-corrected chi connectivity index (χ4v) is 11.6. The molecule has 0 radical (unpaired) electrons. The van der Waals surface area contributed by atoms with Crippen LogP contribution in [-0.2, 0) is 25.8 Å². The van der Waals surface area contributed by atoms with Crippen molar-refractivity contribution in [3.8, 4) is 46.0 Å². The largest absolute Gasteiger partial charge is 0.506 e. The number of hydrogen-bond donors (Lipinski definition) is 12. The van der Waals surface area contributed by atoms with E-state index in [-0.39, 0.29) is 41.4 Å². The van der Waals surface area contributed by atoms with Crippen LogP contribution in [0.4, 0.5) is 113 Å². The second-order valence-corrected chi connectivity index (χ2v) is 23.9. The molecule has 0 saturated heterocycles. The summed E-state index contributed by atoms with van der Waals surface area (Å²) in [6.07, 6.45) is -36.7. The zero-order valence-electron chi connectivity index (χ0n) is 56.2. The van der Waals surface area contributed by atoms with Gasteiger partial charge in [0.15, 0.2) is 5.78 Å². The lowest BCUT2D eigenvalue weighted by Gasteiger charge is -2.38. The molecule has 37 heteroatoms. The Morgan fingerprint density at radius 1 is 0.273 bits per heavy atom. The maximum absolute atomic E-state index is 14.9. The van der Waals surface area contributed by atoms with E-state index in [1.807, 2.05) is 21.3 Å². The first kappa shape index (κ1) is 82.8. The maximum Gasteiger partial charge on any atom is 0.411 e. The number of ether oxygens (including phenoxy) is 1. The lowest BCUT2D eigenvalue weighted by Crippen LogP contribution is -2.54. The third-order valence-corrected chi connectivity index (χ3v) is 16.8. The van der Waals surface area contributed by atoms with E-state index in [9.17, 15) is 138 Å². The number of rotatable bonds is 18. The molecule has 580 valence electrons. The van der Waals surface area contributed by atoms with Crippen molar-refractivity contribution in [1.82, 2.24) is 0 Å². The Labute approximate surface area is 607 Å². The van der Waals surface area contributed by atoms with Crippen molar-refractivity contribution in [2.24, 2.45) is 0 Å². The number of anilines is 6. The van der Waals surface area contributed by atoms with Crippen LogP contribution in [0, 0.1) is 0 Å². The van der Waals surface area contributed by atoms with Gasteiger partial charge in [0, 0.05) is 43.1 Å². The van der Waals surface area contributed by atoms with E-state index in [0.717, 1.165) is 45.2 Å². The summed E-state index contributed by atoms with van der Waals surface area (Å²) in [6, 6.07) is 21.9. The van der Waals surface area contributed by atoms with E-state index in [1.165, 1.54) is 31.2 Å². The fraction of sp³-hybridized carbons (Fsp3) is 0.178. The molecule has 0 saturated carbocycles. The first-order chi connectivity index (χ1) is 50.9. The van der Waals surface area contributed by atoms with Gasteiger partial charge in [-0.05, 0) is 186 Å². The monoisotopic (exact) mass is 1560 g/mol. The normalized spacial score (nSPS) is 12.3. The number of nitrogens with one attached hydrogen (secondary N) is 6. The maximum atomic E-state index is 14.9. The highest BCUT2D eigenvalue weighted by Crippen LogP contribution is 2.61. The van der Waals surface area contributed by atoms with Crippen LogP contribution in [0.2, 0.25) is 0 Å². The molecular formula is C73H54F18N6O13. The van der Waals surface area contributed by atoms with Crippen molar-refractivity contribution >= 4 is 69.4 Å². The van der Waals surface area contributed by atoms with Crippen LogP contribution < -0.4 is 36.6 Å². The van der Waals surface area contributed by atoms with E-state index in [2.05, 4.69) is 10.6 Å². The number of phenolic OH excluding ortho intramolecular Hbond substituents is 6. The van der Waals surface area contributed by atoms with Gasteiger partial charge in [0.1, 0.15) is 46.0 Å². The predicted molar refractivity (Wildman–Crippen MR) is 359 cm³/mol. The third-order valence-electron chi connectivity index (χ3n) is 16.8. The average Bonchev–Trinajstić information content (AvgIpc) is 0.726. The van der Waals surface area contributed by atoms with Gasteiger partial charge in [0.05, 0.1) is 34.1 Å². The average molecular weight is 1570 g/mol. The van der Waals surface area contributed by atoms with Crippen LogP contribution in [0.3, 0.4) is 0 Å². The van der Waals surface area contributed by atoms with E-state index in [1.54, 1.807) is 24.3 Å². The number of benzene rings is 9. The summed E-state index contributed by atoms with van der Waals surface area (Å²) in [5, 5.41) is 73.3. The van der Waals surface area contributed by atoms with E-state index >= 15 is 0 Å². The van der Waals surface area contributed by atoms with Gasteiger partial charge in [-0.25, -0.2) is 0 Å². The molecule has 0 spiro atoms. The Balaban J connectivity index is 0.000000292. The molecule has 0 atom stereocenters. The summed E-state index contributed by atoms with van der Waals surface area (Å²) in [5.74, 6) is -10.0. The summed E-state index contributed by atoms with van der Waals surface area (Å²) in [5.41, 5.74) is -28.5. The van der Waals surface area contributed by atoms with Crippen molar-refractivity contribution in [2.45, 2.75) is 74.1 Å². The van der Waals surface area contributed by atoms with Gasteiger partial charge in [-0.15, -0.1) is 0 Å². The molecule has 0 bridgehead atoms. The molecule has 9 aromatic carbocycles. The van der Waals surface area contributed by atoms with Gasteiger partial charge >= 0.3 is 37.1 Å². The van der Waals surface area contributed by atoms with Crippen LogP contribution in [0.5, 0.6) is 46.0 Å². The molecule has 0 heterocycles. The van der Waals surface area contributed by atoms with Gasteiger partial charge in [-0.3, -0.25) is 28.8 Å². The van der Waals surface area contributed by atoms with Gasteiger partial charge in [0.2, 0.25) is 28.1 Å². The molecule has 12 N–H and O–H groups in total. The molecule has 0 aliphatic carbocycles. The first-order valence-corrected chi connectivity index (χ1v) is 31.0. The van der Waals surface area contributed by atoms with Gasteiger partial charge in [-0.2, -0.15) is 79.0 Å². The SMILES string of the molecule is CC(=O)Nc1cc(C(c2ccc(O)c(NC(=O)c3ccc(Oc4ccc(C(C)=O)cc4)cc3)c2)(C(F)(F)F)C(F)(F)F)ccc1O.CNc1cc(C(c2ccc(O)c(NC(=O)c3ccc(C(=O)Nc4cc(C(c5ccc(O)c(NC(C)=O)c5)(C(F)(F)F)C(F)(F)F)ccc4O)cc3)c2)(C(F)(F)F)C(F)(F)F)ccc1O. The number of phenols is 6. The number of ketones is 1. The van der Waals surface area contributed by atoms with Crippen LogP contribution >= 0.6 is 0 Å². The molecule has 0 unspecified atom stereocenters. The number of carbonyl (C=O) groups is 6. The summed E-state index contributed by atoms with van der Waals surface area (Å²) < 4.78 is 272. The number of alkyl halides is 18. The van der Waals surface area contributed by atoms with E-state index in [4.69, 9.17) is 4.74 Å². The Morgan fingerprint density at radius 2 is 0.464 bits per heavy atom. The Hall–Kier alpha value is -12.9. The molecule has 0 aliphatic heterocycles. The second-order valence-electron chi connectivity index (χ2n) is 23.9. The van der Waals surface area contributed by atoms with Crippen LogP contribution in [0.1, 0.15) is 95.6 Å². The van der Waals surface area contributed by atoms with Gasteiger partial charge in [-0.1, -0.05) is 36.4 Å². The molecule has 9 rings (SSSR count). The fourth-order valence-electron chi connectivity index (χ4n) is 11.6. The second kappa shape index (κ2) is 30.8. The molecular weight excluding hydrogens is 1510 g/mol. The van der Waals surface area contributed by atoms with Crippen molar-refractivity contribution in [3.63, 3.8) is 0 Å². The van der Waals surface area contributed by atoms with E-state index < -0.39 is 196 Å². The highest BCUT2D eigenvalue weighted by Gasteiger charge is 2.75. The smallest absolute Gasteiger partial charge is 0.411 e. The topological polar surface area (TPSA) is 305 Å². The number of carbonyl (C=O) groups excluding carboxylic acids is 6. The lowest BCUT2D eigenvalue weighted by atomic mass is 9.72. The van der Waals surface area contributed by atoms with Crippen molar-refractivity contribution < 1.29 is 143 Å². The van der Waals surface area contributed by atoms with Crippen LogP contribution in [0.25, 0.3) is 0 Å². The highest BCUT2D eigenvalue weighted by atomic mass is 19.4. The van der Waals surface area contributed by atoms with E-state index in [0.29, 0.717) is 96.2 Å². The van der Waals surface area contributed by atoms with Gasteiger partial charge in [0.25, 0.3) is 17.7 Å². The minimum atomic E-state index is -6.20. The van der Waals surface area contributed by atoms with Crippen molar-refractivity contribution in [3.05, 3.63) is 238 Å².